The Morgan fingerprint density at radius 3 is 2.53 bits per heavy atom. The molecule has 0 fully saturated rings. The second kappa shape index (κ2) is 6.46. The second-order valence-corrected chi connectivity index (χ2v) is 8.14. The summed E-state index contributed by atoms with van der Waals surface area (Å²) in [4.78, 5) is 13.1. The Hall–Kier alpha value is -3.59. The summed E-state index contributed by atoms with van der Waals surface area (Å²) in [5.74, 6) is 1.75. The highest BCUT2D eigenvalue weighted by atomic mass is 16.5. The zero-order valence-electron chi connectivity index (χ0n) is 16.4. The van der Waals surface area contributed by atoms with E-state index in [0.717, 1.165) is 57.2 Å². The molecule has 1 N–H and O–H groups in total. The fraction of sp³-hybridized carbons (Fsp3) is 0.148. The Morgan fingerprint density at radius 2 is 1.63 bits per heavy atom. The fourth-order valence-electron chi connectivity index (χ4n) is 4.96. The summed E-state index contributed by atoms with van der Waals surface area (Å²) >= 11 is 0. The highest BCUT2D eigenvalue weighted by Gasteiger charge is 2.37. The summed E-state index contributed by atoms with van der Waals surface area (Å²) in [5.41, 5.74) is 2.82. The molecule has 6 rings (SSSR count). The topological polar surface area (TPSA) is 46.5 Å². The Bertz CT molecular complexity index is 1380. The summed E-state index contributed by atoms with van der Waals surface area (Å²) in [6, 6.07) is 24.1. The molecule has 1 atom stereocenters. The van der Waals surface area contributed by atoms with E-state index >= 15 is 0 Å². The molecule has 0 saturated carbocycles. The van der Waals surface area contributed by atoms with Crippen LogP contribution >= 0.6 is 0 Å². The lowest BCUT2D eigenvalue weighted by Gasteiger charge is -2.34. The van der Waals surface area contributed by atoms with Crippen molar-refractivity contribution in [2.75, 3.05) is 0 Å². The number of carbonyl (C=O) groups is 1. The highest BCUT2D eigenvalue weighted by Crippen LogP contribution is 2.49. The first kappa shape index (κ1) is 17.3. The van der Waals surface area contributed by atoms with Crippen LogP contribution in [0.4, 0.5) is 0 Å². The normalized spacial score (nSPS) is 18.3. The van der Waals surface area contributed by atoms with Gasteiger partial charge < -0.3 is 9.84 Å². The molecule has 0 saturated heterocycles. The molecule has 3 heteroatoms. The van der Waals surface area contributed by atoms with Gasteiger partial charge in [0.2, 0.25) is 0 Å². The van der Waals surface area contributed by atoms with Crippen molar-refractivity contribution in [3.63, 3.8) is 0 Å². The number of aromatic hydroxyl groups is 1. The van der Waals surface area contributed by atoms with Crippen molar-refractivity contribution in [3.8, 4) is 11.5 Å². The first-order chi connectivity index (χ1) is 14.7. The molecule has 1 unspecified atom stereocenters. The number of ether oxygens (including phenoxy) is 1. The predicted molar refractivity (Wildman–Crippen MR) is 118 cm³/mol. The van der Waals surface area contributed by atoms with E-state index < -0.39 is 0 Å². The average molecular weight is 392 g/mol. The Kier molecular flexibility index (Phi) is 3.72. The van der Waals surface area contributed by atoms with Crippen LogP contribution in [0, 0.1) is 0 Å². The van der Waals surface area contributed by atoms with Crippen LogP contribution in [0.1, 0.15) is 36.3 Å². The lowest BCUT2D eigenvalue weighted by Crippen LogP contribution is -2.25. The maximum absolute atomic E-state index is 13.1. The van der Waals surface area contributed by atoms with Crippen LogP contribution < -0.4 is 4.74 Å². The van der Waals surface area contributed by atoms with Crippen LogP contribution in [0.5, 0.6) is 11.5 Å². The second-order valence-electron chi connectivity index (χ2n) is 8.14. The molecule has 3 nitrogen and oxygen atoms in total. The number of benzene rings is 4. The maximum atomic E-state index is 13.1. The van der Waals surface area contributed by atoms with E-state index in [-0.39, 0.29) is 17.5 Å². The standard InChI is InChI=1S/C27H20O3/c28-20-12-10-17-11-13-24-26(21(17)15-20)25(27-22(29)6-3-7-23(27)30-24)19-9-8-16-4-1-2-5-18(16)14-19/h1-2,4-5,8-15,25,28H,3,6-7H2. The molecule has 0 aromatic heterocycles. The largest absolute Gasteiger partial charge is 0.508 e. The van der Waals surface area contributed by atoms with Crippen molar-refractivity contribution in [2.24, 2.45) is 0 Å². The van der Waals surface area contributed by atoms with Gasteiger partial charge >= 0.3 is 0 Å². The molecule has 4 aromatic rings. The van der Waals surface area contributed by atoms with E-state index in [9.17, 15) is 9.90 Å². The van der Waals surface area contributed by atoms with Crippen LogP contribution in [0.15, 0.2) is 84.1 Å². The van der Waals surface area contributed by atoms with Gasteiger partial charge in [-0.15, -0.1) is 0 Å². The minimum atomic E-state index is -0.202. The van der Waals surface area contributed by atoms with Gasteiger partial charge in [0.15, 0.2) is 5.78 Å². The van der Waals surface area contributed by atoms with Gasteiger partial charge in [0, 0.05) is 29.9 Å². The van der Waals surface area contributed by atoms with Gasteiger partial charge in [-0.2, -0.15) is 0 Å². The van der Waals surface area contributed by atoms with E-state index in [0.29, 0.717) is 6.42 Å². The number of phenolic OH excluding ortho intramolecular Hbond substituents is 1. The van der Waals surface area contributed by atoms with Gasteiger partial charge in [0.1, 0.15) is 17.3 Å². The van der Waals surface area contributed by atoms with Crippen molar-refractivity contribution in [1.82, 2.24) is 0 Å². The maximum Gasteiger partial charge on any atom is 0.163 e. The van der Waals surface area contributed by atoms with Gasteiger partial charge in [-0.3, -0.25) is 4.79 Å². The van der Waals surface area contributed by atoms with Crippen molar-refractivity contribution in [1.29, 1.82) is 0 Å². The lowest BCUT2D eigenvalue weighted by molar-refractivity contribution is -0.116. The molecule has 0 radical (unpaired) electrons. The third kappa shape index (κ3) is 2.55. The Morgan fingerprint density at radius 1 is 0.833 bits per heavy atom. The third-order valence-electron chi connectivity index (χ3n) is 6.33. The number of phenols is 1. The summed E-state index contributed by atoms with van der Waals surface area (Å²) in [6.07, 6.45) is 2.16. The number of ketones is 1. The first-order valence-corrected chi connectivity index (χ1v) is 10.4. The molecular weight excluding hydrogens is 372 g/mol. The molecule has 2 aliphatic rings. The Labute approximate surface area is 174 Å². The summed E-state index contributed by atoms with van der Waals surface area (Å²) in [5, 5.41) is 14.5. The van der Waals surface area contributed by atoms with Crippen LogP contribution in [-0.2, 0) is 4.79 Å². The van der Waals surface area contributed by atoms with Crippen molar-refractivity contribution in [3.05, 3.63) is 95.3 Å². The van der Waals surface area contributed by atoms with Gasteiger partial charge in [-0.25, -0.2) is 0 Å². The number of hydrogen-bond donors (Lipinski definition) is 1. The van der Waals surface area contributed by atoms with Crippen molar-refractivity contribution < 1.29 is 14.6 Å². The van der Waals surface area contributed by atoms with Crippen molar-refractivity contribution in [2.45, 2.75) is 25.2 Å². The lowest BCUT2D eigenvalue weighted by atomic mass is 9.75. The molecule has 30 heavy (non-hydrogen) atoms. The number of rotatable bonds is 1. The molecule has 146 valence electrons. The van der Waals surface area contributed by atoms with Gasteiger partial charge in [-0.1, -0.05) is 54.6 Å². The molecule has 0 bridgehead atoms. The van der Waals surface area contributed by atoms with E-state index in [1.165, 1.54) is 5.39 Å². The monoisotopic (exact) mass is 392 g/mol. The quantitative estimate of drug-likeness (QED) is 0.418. The number of Topliss-reactive ketones (excluding diaryl/α,β-unsaturated/α-hetero) is 1. The molecule has 1 aliphatic carbocycles. The fourth-order valence-corrected chi connectivity index (χ4v) is 4.96. The SMILES string of the molecule is O=C1CCCC2=C1C(c1ccc3ccccc3c1)c1c(ccc3ccc(O)cc13)O2. The molecule has 1 heterocycles. The molecule has 0 spiro atoms. The van der Waals surface area contributed by atoms with Gasteiger partial charge in [0.25, 0.3) is 0 Å². The number of carbonyl (C=O) groups excluding carboxylic acids is 1. The zero-order valence-corrected chi connectivity index (χ0v) is 16.4. The van der Waals surface area contributed by atoms with E-state index in [1.54, 1.807) is 12.1 Å². The molecule has 0 amide bonds. The number of hydrogen-bond acceptors (Lipinski definition) is 3. The predicted octanol–water partition coefficient (Wildman–Crippen LogP) is 6.23. The summed E-state index contributed by atoms with van der Waals surface area (Å²) in [6.45, 7) is 0. The van der Waals surface area contributed by atoms with Crippen molar-refractivity contribution >= 4 is 27.3 Å². The average Bonchev–Trinajstić information content (AvgIpc) is 2.77. The van der Waals surface area contributed by atoms with E-state index in [1.807, 2.05) is 30.3 Å². The molecule has 1 aliphatic heterocycles. The molecule has 4 aromatic carbocycles. The smallest absolute Gasteiger partial charge is 0.163 e. The van der Waals surface area contributed by atoms with Crippen LogP contribution in [-0.4, -0.2) is 10.9 Å². The van der Waals surface area contributed by atoms with Gasteiger partial charge in [0.05, 0.1) is 0 Å². The summed E-state index contributed by atoms with van der Waals surface area (Å²) in [7, 11) is 0. The minimum Gasteiger partial charge on any atom is -0.508 e. The third-order valence-corrected chi connectivity index (χ3v) is 6.33. The van der Waals surface area contributed by atoms with E-state index in [4.69, 9.17) is 4.74 Å². The molecular formula is C27H20O3. The minimum absolute atomic E-state index is 0.164. The van der Waals surface area contributed by atoms with Crippen LogP contribution in [0.3, 0.4) is 0 Å². The van der Waals surface area contributed by atoms with E-state index in [2.05, 4.69) is 30.3 Å². The van der Waals surface area contributed by atoms with Crippen LogP contribution in [0.2, 0.25) is 0 Å². The zero-order chi connectivity index (χ0) is 20.2. The van der Waals surface area contributed by atoms with Gasteiger partial charge in [-0.05, 0) is 51.7 Å². The first-order valence-electron chi connectivity index (χ1n) is 10.4. The highest BCUT2D eigenvalue weighted by molar-refractivity contribution is 6.02. The Balaban J connectivity index is 1.68. The number of allylic oxidation sites excluding steroid dienone is 2. The summed E-state index contributed by atoms with van der Waals surface area (Å²) < 4.78 is 6.27. The van der Waals surface area contributed by atoms with Crippen LogP contribution in [0.25, 0.3) is 21.5 Å². The number of fused-ring (bicyclic) bond motifs is 4.